The predicted molar refractivity (Wildman–Crippen MR) is 578 cm³/mol. The van der Waals surface area contributed by atoms with E-state index in [1.807, 2.05) is 78.4 Å². The first-order valence-electron chi connectivity index (χ1n) is 48.3. The van der Waals surface area contributed by atoms with Gasteiger partial charge >= 0.3 is 0 Å². The largest absolute Gasteiger partial charge is 0.474 e. The summed E-state index contributed by atoms with van der Waals surface area (Å²) >= 11 is 15.2. The first-order valence-corrected chi connectivity index (χ1v) is 56.3. The third-order valence-corrected chi connectivity index (χ3v) is 33.9. The van der Waals surface area contributed by atoms with Crippen LogP contribution in [0.25, 0.3) is 0 Å². The van der Waals surface area contributed by atoms with Crippen molar-refractivity contribution in [3.63, 3.8) is 0 Å². The number of pyridine rings is 1. The summed E-state index contributed by atoms with van der Waals surface area (Å²) in [7, 11) is 0. The monoisotopic (exact) mass is 2100 g/mol. The topological polar surface area (TPSA) is 380 Å². The number of thiazole rings is 4. The number of hydrogen-bond acceptors (Lipinski definition) is 33. The van der Waals surface area contributed by atoms with E-state index in [2.05, 4.69) is 209 Å². The van der Waals surface area contributed by atoms with Crippen LogP contribution in [0.2, 0.25) is 0 Å². The SMILES string of the molecule is C=CC(=O)NC1CCN(C(=O)C2CCCC(Nc3ncc(SCc4ncc(C(C)(C)C)o4)s3)C2)CC1.C=CC(=O)Nc1ccc(C(=O)C2CCC[C@@H](Nc3ncc(SCc4ncc(C(C)(C)C)o4)s3)C2)cc1.C=CC(=O)Nc1ccc(OC2CCCC(Nc3ncc(SCc4ncc(C(C)(C)C)o4)s3)C2)nc1.C=CC(=O)Nc1ccc(SC2CCC[C@@H](Nc3ncc(SCc4ncc(C(C)(C)C)o4)s3)C2)cc1. The molecule has 8 N–H and O–H groups in total. The highest BCUT2D eigenvalue weighted by atomic mass is 32.2. The summed E-state index contributed by atoms with van der Waals surface area (Å²) in [5, 5.41) is 29.7. The Morgan fingerprint density at radius 1 is 0.387 bits per heavy atom. The number of hydrogen-bond donors (Lipinski definition) is 8. The van der Waals surface area contributed by atoms with Gasteiger partial charge in [0.2, 0.25) is 59.0 Å². The molecule has 1 saturated heterocycles. The normalized spacial score (nSPS) is 18.9. The maximum Gasteiger partial charge on any atom is 0.247 e. The molecule has 8 atom stereocenters. The number of anilines is 7. The van der Waals surface area contributed by atoms with Crippen LogP contribution in [0.15, 0.2) is 206 Å². The Morgan fingerprint density at radius 2 is 0.746 bits per heavy atom. The van der Waals surface area contributed by atoms with E-state index in [-0.39, 0.29) is 93.0 Å². The van der Waals surface area contributed by atoms with E-state index in [1.54, 1.807) is 135 Å². The summed E-state index contributed by atoms with van der Waals surface area (Å²) in [5.41, 5.74) is 2.56. The number of thioether (sulfide) groups is 5. The zero-order valence-corrected chi connectivity index (χ0v) is 90.3. The van der Waals surface area contributed by atoms with E-state index >= 15 is 0 Å². The minimum Gasteiger partial charge on any atom is -0.474 e. The summed E-state index contributed by atoms with van der Waals surface area (Å²) in [5.74, 6) is 9.38. The third-order valence-electron chi connectivity index (χ3n) is 24.1. The highest BCUT2D eigenvalue weighted by Crippen LogP contribution is 2.43. The van der Waals surface area contributed by atoms with E-state index in [9.17, 15) is 28.8 Å². The minimum absolute atomic E-state index is 0.0271. The molecular weight excluding hydrogens is 1970 g/mol. The lowest BCUT2D eigenvalue weighted by atomic mass is 9.81. The van der Waals surface area contributed by atoms with E-state index in [0.717, 1.165) is 192 Å². The number of aromatic nitrogens is 9. The van der Waals surface area contributed by atoms with Crippen molar-refractivity contribution in [2.45, 2.75) is 307 Å². The number of ether oxygens (including phenoxy) is 1. The summed E-state index contributed by atoms with van der Waals surface area (Å²) in [4.78, 5) is 116. The van der Waals surface area contributed by atoms with Gasteiger partial charge < -0.3 is 69.8 Å². The molecule has 4 aliphatic carbocycles. The molecule has 11 aromatic rings. The highest BCUT2D eigenvalue weighted by molar-refractivity contribution is 8.01. The number of Topliss-reactive ketones (excluding diaryl/α,β-unsaturated/α-hetero) is 1. The van der Waals surface area contributed by atoms with Gasteiger partial charge in [-0.15, -0.1) is 58.8 Å². The molecule has 5 amide bonds. The third kappa shape index (κ3) is 34.4. The Hall–Kier alpha value is -10.3. The van der Waals surface area contributed by atoms with Gasteiger partial charge in [-0.2, -0.15) is 0 Å². The van der Waals surface area contributed by atoms with Crippen molar-refractivity contribution >= 4 is 177 Å². The number of amides is 5. The minimum atomic E-state index is -0.272. The van der Waals surface area contributed by atoms with Crippen molar-refractivity contribution < 1.29 is 51.2 Å². The van der Waals surface area contributed by atoms with E-state index in [1.165, 1.54) is 42.0 Å². The van der Waals surface area contributed by atoms with Crippen LogP contribution in [0, 0.1) is 11.8 Å². The fourth-order valence-electron chi connectivity index (χ4n) is 16.4. The Balaban J connectivity index is 0.000000159. The second-order valence-electron chi connectivity index (χ2n) is 39.7. The number of likely N-dealkylation sites (tertiary alicyclic amines) is 1. The predicted octanol–water partition coefficient (Wildman–Crippen LogP) is 25.1. The molecule has 6 unspecified atom stereocenters. The number of carbonyl (C=O) groups excluding carboxylic acids is 6. The van der Waals surface area contributed by atoms with E-state index < -0.39 is 0 Å². The van der Waals surface area contributed by atoms with Gasteiger partial charge in [-0.1, -0.05) is 174 Å². The number of ketones is 1. The lowest BCUT2D eigenvalue weighted by Gasteiger charge is -2.37. The molecule has 0 bridgehead atoms. The van der Waals surface area contributed by atoms with E-state index in [0.29, 0.717) is 76.3 Å². The van der Waals surface area contributed by atoms with Crippen molar-refractivity contribution in [2.24, 2.45) is 11.8 Å². The van der Waals surface area contributed by atoms with Crippen LogP contribution >= 0.6 is 104 Å². The molecule has 5 fully saturated rings. The molecule has 0 spiro atoms. The molecular formula is C104H132N18O11S9. The molecule has 9 aromatic heterocycles. The fraction of sp³-hybridized carbons (Fsp3) is 0.471. The van der Waals surface area contributed by atoms with Gasteiger partial charge in [-0.3, -0.25) is 28.8 Å². The number of rotatable bonds is 35. The van der Waals surface area contributed by atoms with Crippen LogP contribution < -0.4 is 47.3 Å². The average Bonchev–Trinajstić information content (AvgIpc) is 1.78. The zero-order chi connectivity index (χ0) is 101. The van der Waals surface area contributed by atoms with Crippen molar-refractivity contribution in [3.8, 4) is 5.88 Å². The molecule has 5 aliphatic rings. The molecule has 142 heavy (non-hydrogen) atoms. The van der Waals surface area contributed by atoms with Crippen molar-refractivity contribution in [1.82, 2.24) is 55.1 Å². The molecule has 38 heteroatoms. The fourth-order valence-corrected chi connectivity index (χ4v) is 24.9. The summed E-state index contributed by atoms with van der Waals surface area (Å²) in [6, 6.07) is 20.0. The Labute approximate surface area is 870 Å². The number of oxazole rings is 4. The van der Waals surface area contributed by atoms with Gasteiger partial charge in [0.05, 0.1) is 101 Å². The van der Waals surface area contributed by atoms with Gasteiger partial charge in [-0.05, 0) is 169 Å². The zero-order valence-electron chi connectivity index (χ0n) is 82.9. The van der Waals surface area contributed by atoms with Gasteiger partial charge in [-0.25, -0.2) is 44.9 Å². The molecule has 4 saturated carbocycles. The maximum absolute atomic E-state index is 13.2. The lowest BCUT2D eigenvalue weighted by Crippen LogP contribution is -2.48. The van der Waals surface area contributed by atoms with Crippen LogP contribution in [0.1, 0.15) is 256 Å². The summed E-state index contributed by atoms with van der Waals surface area (Å²) < 4.78 is 34.2. The summed E-state index contributed by atoms with van der Waals surface area (Å²) in [6.07, 6.45) is 39.4. The van der Waals surface area contributed by atoms with Gasteiger partial charge in [0.25, 0.3) is 0 Å². The molecule has 2 aromatic carbocycles. The van der Waals surface area contributed by atoms with Crippen molar-refractivity contribution in [3.05, 3.63) is 219 Å². The first kappa shape index (κ1) is 109. The molecule has 758 valence electrons. The number of piperidine rings is 1. The Morgan fingerprint density at radius 3 is 1.13 bits per heavy atom. The van der Waals surface area contributed by atoms with Gasteiger partial charge in [0.1, 0.15) is 29.1 Å². The average molecular weight is 2100 g/mol. The number of nitrogens with one attached hydrogen (secondary N) is 8. The number of benzene rings is 2. The number of carbonyl (C=O) groups is 6. The number of nitrogens with zero attached hydrogens (tertiary/aromatic N) is 10. The molecule has 16 rings (SSSR count). The second-order valence-corrected chi connectivity index (χ2v) is 50.3. The standard InChI is InChI=1S/C27H32N4O3S2.C26H37N5O3S2.C26H32N4O2S3.C25H31N5O3S2/c1-5-22(32)30-19-11-9-17(10-12-19)25(33)18-7-6-8-20(13-18)31-26-29-15-24(36-26)35-16-23-28-14-21(34-23)27(2,3)4;1-5-21(32)29-18-9-11-31(12-10-18)24(33)17-7-6-8-19(13-17)30-25-28-15-23(36-25)35-16-22-27-14-20(34-22)26(2,3)4;1-5-22(31)29-17-9-11-19(12-10-17)34-20-8-6-7-18(13-20)30-25-28-15-24(35-25)33-16-23-27-14-21(32-23)26(2,3)4;1-5-20(31)29-17-9-10-21(26-12-17)32-18-8-6-7-16(11-18)30-24-28-14-23(35-24)34-15-22-27-13-19(33-22)25(2,3)4/h5,9-12,14-15,18,20H,1,6-8,13,16H2,2-4H3,(H,29,31)(H,30,32);5,14-15,17-19H,1,6-13,16H2,2-4H3,(H,28,30)(H,29,32);5,9-12,14-15,18,20H,1,6-8,13,16H2,2-4H3,(H,28,30)(H,29,31);5,9-10,12-14,16,18H,1,6-8,11,15H2,2-4H3,(H,28,30)(H,29,31)/t18?,20-;;18-,20?;/m1.1./s1. The van der Waals surface area contributed by atoms with Crippen molar-refractivity contribution in [2.75, 3.05) is 50.3 Å². The molecule has 10 heterocycles. The highest BCUT2D eigenvalue weighted by Gasteiger charge is 2.36. The summed E-state index contributed by atoms with van der Waals surface area (Å²) in [6.45, 7) is 40.7. The van der Waals surface area contributed by atoms with Crippen LogP contribution in [0.3, 0.4) is 0 Å². The molecule has 29 nitrogen and oxygen atoms in total. The van der Waals surface area contributed by atoms with Gasteiger partial charge in [0, 0.05) is 116 Å². The quantitative estimate of drug-likeness (QED) is 0.0104. The van der Waals surface area contributed by atoms with Crippen LogP contribution in [-0.4, -0.2) is 140 Å². The van der Waals surface area contributed by atoms with Crippen LogP contribution in [-0.2, 0) is 68.6 Å². The van der Waals surface area contributed by atoms with Crippen LogP contribution in [0.5, 0.6) is 5.88 Å². The lowest BCUT2D eigenvalue weighted by molar-refractivity contribution is -0.137. The first-order chi connectivity index (χ1) is 68.0. The Bertz CT molecular complexity index is 5790. The molecule has 0 radical (unpaired) electrons. The maximum atomic E-state index is 13.2. The second kappa shape index (κ2) is 51.9. The Kier molecular flexibility index (Phi) is 39.8. The molecule has 1 aliphatic heterocycles. The van der Waals surface area contributed by atoms with Gasteiger partial charge in [0.15, 0.2) is 26.3 Å². The van der Waals surface area contributed by atoms with E-state index in [4.69, 9.17) is 22.4 Å². The van der Waals surface area contributed by atoms with Crippen LogP contribution in [0.4, 0.5) is 37.6 Å². The smallest absolute Gasteiger partial charge is 0.247 e. The van der Waals surface area contributed by atoms with Crippen molar-refractivity contribution in [1.29, 1.82) is 0 Å².